The van der Waals surface area contributed by atoms with Gasteiger partial charge in [0.25, 0.3) is 0 Å². The lowest BCUT2D eigenvalue weighted by molar-refractivity contribution is 0.0383. The first-order valence-corrected chi connectivity index (χ1v) is 7.25. The van der Waals surface area contributed by atoms with Gasteiger partial charge in [-0.3, -0.25) is 4.90 Å². The van der Waals surface area contributed by atoms with Crippen LogP contribution in [0.4, 0.5) is 0 Å². The standard InChI is InChI=1S/C16H26N2O/c1-16(2,15-6-4-3-5-7-15)14-17-8-9-18-10-12-19-13-11-18/h3-7,17H,8-14H2,1-2H3. The third-order valence-electron chi connectivity index (χ3n) is 3.83. The highest BCUT2D eigenvalue weighted by molar-refractivity contribution is 5.23. The topological polar surface area (TPSA) is 24.5 Å². The maximum absolute atomic E-state index is 5.36. The molecule has 0 bridgehead atoms. The molecule has 1 aliphatic heterocycles. The van der Waals surface area contributed by atoms with E-state index in [1.165, 1.54) is 5.56 Å². The number of morpholine rings is 1. The van der Waals surface area contributed by atoms with E-state index in [0.29, 0.717) is 0 Å². The Labute approximate surface area is 116 Å². The van der Waals surface area contributed by atoms with Crippen LogP contribution >= 0.6 is 0 Å². The van der Waals surface area contributed by atoms with Crippen molar-refractivity contribution in [3.05, 3.63) is 35.9 Å². The molecule has 1 heterocycles. The van der Waals surface area contributed by atoms with Crippen LogP contribution in [0.2, 0.25) is 0 Å². The second-order valence-electron chi connectivity index (χ2n) is 5.88. The molecule has 0 amide bonds. The Kier molecular flexibility index (Phi) is 5.37. The van der Waals surface area contributed by atoms with Crippen molar-refractivity contribution in [1.29, 1.82) is 0 Å². The molecule has 0 aromatic heterocycles. The highest BCUT2D eigenvalue weighted by atomic mass is 16.5. The first-order valence-electron chi connectivity index (χ1n) is 7.25. The number of nitrogens with one attached hydrogen (secondary N) is 1. The lowest BCUT2D eigenvalue weighted by Crippen LogP contribution is -2.42. The van der Waals surface area contributed by atoms with Gasteiger partial charge in [0.15, 0.2) is 0 Å². The highest BCUT2D eigenvalue weighted by Gasteiger charge is 2.19. The summed E-state index contributed by atoms with van der Waals surface area (Å²) in [6.45, 7) is 11.7. The Balaban J connectivity index is 1.69. The predicted molar refractivity (Wildman–Crippen MR) is 79.6 cm³/mol. The van der Waals surface area contributed by atoms with Crippen molar-refractivity contribution in [2.75, 3.05) is 45.9 Å². The van der Waals surface area contributed by atoms with Crippen molar-refractivity contribution in [2.24, 2.45) is 0 Å². The average molecular weight is 262 g/mol. The molecule has 0 radical (unpaired) electrons. The van der Waals surface area contributed by atoms with E-state index in [9.17, 15) is 0 Å². The fourth-order valence-electron chi connectivity index (χ4n) is 2.45. The molecule has 3 nitrogen and oxygen atoms in total. The number of hydrogen-bond donors (Lipinski definition) is 1. The molecule has 0 saturated carbocycles. The van der Waals surface area contributed by atoms with Crippen molar-refractivity contribution in [1.82, 2.24) is 10.2 Å². The average Bonchev–Trinajstić information content (AvgIpc) is 2.46. The number of ether oxygens (including phenoxy) is 1. The quantitative estimate of drug-likeness (QED) is 0.792. The summed E-state index contributed by atoms with van der Waals surface area (Å²) in [5.74, 6) is 0. The van der Waals surface area contributed by atoms with Crippen LogP contribution in [0.1, 0.15) is 19.4 Å². The molecule has 1 N–H and O–H groups in total. The summed E-state index contributed by atoms with van der Waals surface area (Å²) in [6.07, 6.45) is 0. The Morgan fingerprint density at radius 1 is 1.16 bits per heavy atom. The normalized spacial score (nSPS) is 17.6. The van der Waals surface area contributed by atoms with Gasteiger partial charge in [0.1, 0.15) is 0 Å². The molecule has 106 valence electrons. The van der Waals surface area contributed by atoms with E-state index < -0.39 is 0 Å². The third kappa shape index (κ3) is 4.60. The molecule has 2 rings (SSSR count). The van der Waals surface area contributed by atoms with E-state index >= 15 is 0 Å². The summed E-state index contributed by atoms with van der Waals surface area (Å²) >= 11 is 0. The maximum Gasteiger partial charge on any atom is 0.0594 e. The Morgan fingerprint density at radius 3 is 2.53 bits per heavy atom. The zero-order valence-corrected chi connectivity index (χ0v) is 12.2. The zero-order valence-electron chi connectivity index (χ0n) is 12.2. The van der Waals surface area contributed by atoms with Crippen LogP contribution in [0.3, 0.4) is 0 Å². The SMILES string of the molecule is CC(C)(CNCCN1CCOCC1)c1ccccc1. The molecule has 0 unspecified atom stereocenters. The van der Waals surface area contributed by atoms with E-state index in [4.69, 9.17) is 4.74 Å². The van der Waals surface area contributed by atoms with Crippen LogP contribution in [0.5, 0.6) is 0 Å². The Hall–Kier alpha value is -0.900. The smallest absolute Gasteiger partial charge is 0.0594 e. The summed E-state index contributed by atoms with van der Waals surface area (Å²) in [5, 5.41) is 3.59. The van der Waals surface area contributed by atoms with Crippen molar-refractivity contribution in [3.8, 4) is 0 Å². The zero-order chi connectivity index (χ0) is 13.6. The first kappa shape index (κ1) is 14.5. The molecular weight excluding hydrogens is 236 g/mol. The summed E-state index contributed by atoms with van der Waals surface area (Å²) in [5.41, 5.74) is 1.58. The summed E-state index contributed by atoms with van der Waals surface area (Å²) in [6, 6.07) is 10.7. The van der Waals surface area contributed by atoms with Gasteiger partial charge >= 0.3 is 0 Å². The molecule has 1 fully saturated rings. The van der Waals surface area contributed by atoms with Crippen molar-refractivity contribution < 1.29 is 4.74 Å². The van der Waals surface area contributed by atoms with Crippen LogP contribution in [0.25, 0.3) is 0 Å². The number of benzene rings is 1. The van der Waals surface area contributed by atoms with E-state index in [0.717, 1.165) is 45.9 Å². The molecule has 1 aromatic carbocycles. The molecular formula is C16H26N2O. The van der Waals surface area contributed by atoms with Gasteiger partial charge in [0, 0.05) is 38.1 Å². The van der Waals surface area contributed by atoms with E-state index in [-0.39, 0.29) is 5.41 Å². The van der Waals surface area contributed by atoms with Crippen LogP contribution in [-0.4, -0.2) is 50.8 Å². The molecule has 1 saturated heterocycles. The van der Waals surface area contributed by atoms with Gasteiger partial charge in [0.05, 0.1) is 13.2 Å². The minimum atomic E-state index is 0.187. The molecule has 1 aliphatic rings. The fourth-order valence-corrected chi connectivity index (χ4v) is 2.45. The molecule has 0 aliphatic carbocycles. The fraction of sp³-hybridized carbons (Fsp3) is 0.625. The van der Waals surface area contributed by atoms with Gasteiger partial charge in [-0.15, -0.1) is 0 Å². The van der Waals surface area contributed by atoms with Gasteiger partial charge < -0.3 is 10.1 Å². The largest absolute Gasteiger partial charge is 0.379 e. The Morgan fingerprint density at radius 2 is 1.84 bits per heavy atom. The summed E-state index contributed by atoms with van der Waals surface area (Å²) in [7, 11) is 0. The van der Waals surface area contributed by atoms with Gasteiger partial charge in [-0.2, -0.15) is 0 Å². The van der Waals surface area contributed by atoms with Crippen LogP contribution in [-0.2, 0) is 10.2 Å². The maximum atomic E-state index is 5.36. The van der Waals surface area contributed by atoms with Crippen LogP contribution in [0, 0.1) is 0 Å². The predicted octanol–water partition coefficient (Wildman–Crippen LogP) is 1.89. The van der Waals surface area contributed by atoms with Gasteiger partial charge in [-0.05, 0) is 5.56 Å². The third-order valence-corrected chi connectivity index (χ3v) is 3.83. The minimum Gasteiger partial charge on any atom is -0.379 e. The molecule has 3 heteroatoms. The lowest BCUT2D eigenvalue weighted by atomic mass is 9.85. The van der Waals surface area contributed by atoms with Crippen LogP contribution < -0.4 is 5.32 Å². The van der Waals surface area contributed by atoms with Crippen molar-refractivity contribution >= 4 is 0 Å². The molecule has 1 aromatic rings. The summed E-state index contributed by atoms with van der Waals surface area (Å²) < 4.78 is 5.36. The van der Waals surface area contributed by atoms with Crippen LogP contribution in [0.15, 0.2) is 30.3 Å². The number of hydrogen-bond acceptors (Lipinski definition) is 3. The minimum absolute atomic E-state index is 0.187. The summed E-state index contributed by atoms with van der Waals surface area (Å²) in [4.78, 5) is 2.46. The molecule has 19 heavy (non-hydrogen) atoms. The first-order chi connectivity index (χ1) is 9.18. The second-order valence-corrected chi connectivity index (χ2v) is 5.88. The molecule has 0 atom stereocenters. The van der Waals surface area contributed by atoms with E-state index in [1.807, 2.05) is 0 Å². The van der Waals surface area contributed by atoms with E-state index in [2.05, 4.69) is 54.4 Å². The van der Waals surface area contributed by atoms with Crippen molar-refractivity contribution in [3.63, 3.8) is 0 Å². The number of nitrogens with zero attached hydrogens (tertiary/aromatic N) is 1. The van der Waals surface area contributed by atoms with E-state index in [1.54, 1.807) is 0 Å². The monoisotopic (exact) mass is 262 g/mol. The Bertz CT molecular complexity index is 358. The number of rotatable bonds is 6. The molecule has 0 spiro atoms. The van der Waals surface area contributed by atoms with Gasteiger partial charge in [0.2, 0.25) is 0 Å². The van der Waals surface area contributed by atoms with Gasteiger partial charge in [-0.1, -0.05) is 44.2 Å². The highest BCUT2D eigenvalue weighted by Crippen LogP contribution is 2.21. The second kappa shape index (κ2) is 7.04. The van der Waals surface area contributed by atoms with Crippen molar-refractivity contribution in [2.45, 2.75) is 19.3 Å². The lowest BCUT2D eigenvalue weighted by Gasteiger charge is -2.29. The van der Waals surface area contributed by atoms with Gasteiger partial charge in [-0.25, -0.2) is 0 Å².